The molecule has 0 spiro atoms. The van der Waals surface area contributed by atoms with Crippen molar-refractivity contribution in [2.75, 3.05) is 0 Å². The van der Waals surface area contributed by atoms with Crippen molar-refractivity contribution in [1.29, 1.82) is 0 Å². The third kappa shape index (κ3) is 3.90. The minimum atomic E-state index is -4.34. The molecule has 0 heterocycles. The molecule has 0 amide bonds. The quantitative estimate of drug-likeness (QED) is 0.486. The second-order valence-corrected chi connectivity index (χ2v) is 6.52. The molecule has 0 radical (unpaired) electrons. The predicted molar refractivity (Wildman–Crippen MR) is 101 cm³/mol. The fraction of sp³-hybridized carbons (Fsp3) is 0.130. The molecule has 0 saturated carbocycles. The number of allylic oxidation sites excluding steroid dienone is 1. The van der Waals surface area contributed by atoms with Crippen molar-refractivity contribution in [1.82, 2.24) is 0 Å². The van der Waals surface area contributed by atoms with Gasteiger partial charge in [0.1, 0.15) is 11.5 Å². The second-order valence-electron chi connectivity index (χ2n) is 6.52. The smallest absolute Gasteiger partial charge is 0.416 e. The molecule has 136 valence electrons. The minimum Gasteiger partial charge on any atom is -0.457 e. The van der Waals surface area contributed by atoms with Crippen molar-refractivity contribution in [3.63, 3.8) is 0 Å². The summed E-state index contributed by atoms with van der Waals surface area (Å²) in [5.74, 6) is 1.02. The van der Waals surface area contributed by atoms with Gasteiger partial charge in [-0.25, -0.2) is 0 Å². The van der Waals surface area contributed by atoms with Crippen molar-refractivity contribution in [2.24, 2.45) is 0 Å². The Morgan fingerprint density at radius 3 is 2.19 bits per heavy atom. The first-order valence-electron chi connectivity index (χ1n) is 8.73. The average molecular weight is 366 g/mol. The molecule has 0 unspecified atom stereocenters. The minimum absolute atomic E-state index is 0.390. The molecule has 0 saturated heterocycles. The third-order valence-electron chi connectivity index (χ3n) is 4.64. The van der Waals surface area contributed by atoms with Gasteiger partial charge in [-0.2, -0.15) is 13.2 Å². The van der Waals surface area contributed by atoms with Crippen LogP contribution < -0.4 is 4.74 Å². The lowest BCUT2D eigenvalue weighted by Gasteiger charge is -2.10. The lowest BCUT2D eigenvalue weighted by molar-refractivity contribution is -0.137. The summed E-state index contributed by atoms with van der Waals surface area (Å²) in [4.78, 5) is 0. The van der Waals surface area contributed by atoms with E-state index in [1.807, 2.05) is 36.4 Å². The van der Waals surface area contributed by atoms with Crippen LogP contribution in [0, 0.1) is 0 Å². The number of aryl methyl sites for hydroxylation is 1. The molecule has 0 N–H and O–H groups in total. The van der Waals surface area contributed by atoms with Crippen LogP contribution in [0.5, 0.6) is 11.5 Å². The van der Waals surface area contributed by atoms with Crippen LogP contribution in [0.4, 0.5) is 13.2 Å². The van der Waals surface area contributed by atoms with E-state index < -0.39 is 11.7 Å². The van der Waals surface area contributed by atoms with E-state index in [0.29, 0.717) is 11.5 Å². The fourth-order valence-corrected chi connectivity index (χ4v) is 3.31. The van der Waals surface area contributed by atoms with Gasteiger partial charge in [-0.05, 0) is 71.5 Å². The Balaban J connectivity index is 1.53. The van der Waals surface area contributed by atoms with Crippen molar-refractivity contribution in [3.05, 3.63) is 95.1 Å². The summed E-state index contributed by atoms with van der Waals surface area (Å²) >= 11 is 0. The monoisotopic (exact) mass is 366 g/mol. The Hall–Kier alpha value is -3.01. The zero-order valence-corrected chi connectivity index (χ0v) is 14.5. The lowest BCUT2D eigenvalue weighted by atomic mass is 10.0. The van der Waals surface area contributed by atoms with Crippen LogP contribution in [-0.4, -0.2) is 0 Å². The molecular weight excluding hydrogens is 349 g/mol. The highest BCUT2D eigenvalue weighted by Crippen LogP contribution is 2.37. The Bertz CT molecular complexity index is 971. The van der Waals surface area contributed by atoms with Crippen LogP contribution in [-0.2, 0) is 12.6 Å². The topological polar surface area (TPSA) is 9.23 Å². The highest BCUT2D eigenvalue weighted by Gasteiger charge is 2.30. The first kappa shape index (κ1) is 17.4. The van der Waals surface area contributed by atoms with Gasteiger partial charge in [-0.15, -0.1) is 0 Å². The van der Waals surface area contributed by atoms with Crippen LogP contribution in [0.3, 0.4) is 0 Å². The van der Waals surface area contributed by atoms with Gasteiger partial charge in [0.05, 0.1) is 5.56 Å². The summed E-state index contributed by atoms with van der Waals surface area (Å²) < 4.78 is 43.7. The Morgan fingerprint density at radius 1 is 0.778 bits per heavy atom. The first-order valence-corrected chi connectivity index (χ1v) is 8.73. The molecule has 1 aliphatic rings. The zero-order valence-electron chi connectivity index (χ0n) is 14.5. The summed E-state index contributed by atoms with van der Waals surface area (Å²) in [6, 6.07) is 20.8. The third-order valence-corrected chi connectivity index (χ3v) is 4.64. The Kier molecular flexibility index (Phi) is 4.48. The van der Waals surface area contributed by atoms with Gasteiger partial charge in [0, 0.05) is 0 Å². The molecule has 4 rings (SSSR count). The molecule has 3 aromatic rings. The molecule has 4 heteroatoms. The Labute approximate surface area is 155 Å². The molecule has 0 bridgehead atoms. The first-order chi connectivity index (χ1) is 13.0. The summed E-state index contributed by atoms with van der Waals surface area (Å²) in [7, 11) is 0. The van der Waals surface area contributed by atoms with Crippen molar-refractivity contribution >= 4 is 11.6 Å². The number of hydrogen-bond acceptors (Lipinski definition) is 1. The molecule has 0 aromatic heterocycles. The van der Waals surface area contributed by atoms with Crippen molar-refractivity contribution in [3.8, 4) is 11.5 Å². The van der Waals surface area contributed by atoms with Crippen LogP contribution >= 0.6 is 0 Å². The summed E-state index contributed by atoms with van der Waals surface area (Å²) in [6.45, 7) is 0. The van der Waals surface area contributed by atoms with E-state index in [2.05, 4.69) is 18.2 Å². The van der Waals surface area contributed by atoms with Crippen LogP contribution in [0.1, 0.15) is 28.7 Å². The molecule has 3 aromatic carbocycles. The maximum Gasteiger partial charge on any atom is 0.416 e. The summed E-state index contributed by atoms with van der Waals surface area (Å²) in [5.41, 5.74) is 4.18. The van der Waals surface area contributed by atoms with Gasteiger partial charge in [0.2, 0.25) is 0 Å². The number of rotatable bonds is 3. The van der Waals surface area contributed by atoms with E-state index in [4.69, 9.17) is 4.74 Å². The SMILES string of the molecule is FC(F)(F)c1ccc(Oc2ccc3c(c2)CC/C3=C\c2ccccc2)cc1. The maximum atomic E-state index is 12.6. The van der Waals surface area contributed by atoms with E-state index in [0.717, 1.165) is 25.0 Å². The van der Waals surface area contributed by atoms with Crippen molar-refractivity contribution < 1.29 is 17.9 Å². The summed E-state index contributed by atoms with van der Waals surface area (Å²) in [6.07, 6.45) is -0.248. The van der Waals surface area contributed by atoms with Crippen LogP contribution in [0.15, 0.2) is 72.8 Å². The largest absolute Gasteiger partial charge is 0.457 e. The van der Waals surface area contributed by atoms with Gasteiger partial charge in [0.15, 0.2) is 0 Å². The van der Waals surface area contributed by atoms with Gasteiger partial charge < -0.3 is 4.74 Å². The van der Waals surface area contributed by atoms with E-state index in [1.54, 1.807) is 0 Å². The molecule has 1 nitrogen and oxygen atoms in total. The van der Waals surface area contributed by atoms with Gasteiger partial charge in [-0.1, -0.05) is 42.5 Å². The van der Waals surface area contributed by atoms with E-state index in [-0.39, 0.29) is 0 Å². The maximum absolute atomic E-state index is 12.6. The van der Waals surface area contributed by atoms with E-state index in [1.165, 1.54) is 34.4 Å². The number of benzene rings is 3. The lowest BCUT2D eigenvalue weighted by Crippen LogP contribution is -2.03. The second kappa shape index (κ2) is 6.95. The summed E-state index contributed by atoms with van der Waals surface area (Å²) in [5, 5.41) is 0. The van der Waals surface area contributed by atoms with E-state index >= 15 is 0 Å². The highest BCUT2D eigenvalue weighted by atomic mass is 19.4. The Morgan fingerprint density at radius 2 is 1.48 bits per heavy atom. The predicted octanol–water partition coefficient (Wildman–Crippen LogP) is 6.98. The number of hydrogen-bond donors (Lipinski definition) is 0. The van der Waals surface area contributed by atoms with Gasteiger partial charge in [-0.3, -0.25) is 0 Å². The number of alkyl halides is 3. The number of halogens is 3. The van der Waals surface area contributed by atoms with Crippen LogP contribution in [0.25, 0.3) is 11.6 Å². The van der Waals surface area contributed by atoms with Gasteiger partial charge >= 0.3 is 6.18 Å². The van der Waals surface area contributed by atoms with Gasteiger partial charge in [0.25, 0.3) is 0 Å². The molecular formula is C23H17F3O. The zero-order chi connectivity index (χ0) is 18.9. The average Bonchev–Trinajstić information content (AvgIpc) is 3.04. The number of ether oxygens (including phenoxy) is 1. The van der Waals surface area contributed by atoms with Crippen molar-refractivity contribution in [2.45, 2.75) is 19.0 Å². The molecule has 27 heavy (non-hydrogen) atoms. The standard InChI is InChI=1S/C23H17F3O/c24-23(25,26)19-8-10-20(11-9-19)27-21-12-13-22-17(6-7-18(22)15-21)14-16-4-2-1-3-5-16/h1-5,8-15H,6-7H2/b17-14+. The fourth-order valence-electron chi connectivity index (χ4n) is 3.31. The molecule has 0 aliphatic heterocycles. The van der Waals surface area contributed by atoms with E-state index in [9.17, 15) is 13.2 Å². The highest BCUT2D eigenvalue weighted by molar-refractivity contribution is 5.85. The molecule has 0 fully saturated rings. The number of fused-ring (bicyclic) bond motifs is 1. The van der Waals surface area contributed by atoms with Crippen LogP contribution in [0.2, 0.25) is 0 Å². The molecule has 0 atom stereocenters. The normalized spacial score (nSPS) is 15.0. The molecule has 1 aliphatic carbocycles.